The van der Waals surface area contributed by atoms with E-state index in [2.05, 4.69) is 13.8 Å². The van der Waals surface area contributed by atoms with Crippen LogP contribution in [0.25, 0.3) is 0 Å². The van der Waals surface area contributed by atoms with Crippen LogP contribution in [0.4, 0.5) is 0 Å². The average molecular weight is 445 g/mol. The Morgan fingerprint density at radius 1 is 1.00 bits per heavy atom. The largest absolute Gasteiger partial charge is 0.497 e. The van der Waals surface area contributed by atoms with Gasteiger partial charge < -0.3 is 9.53 Å². The van der Waals surface area contributed by atoms with Gasteiger partial charge in [-0.3, -0.25) is 0 Å². The fourth-order valence-corrected chi connectivity index (χ4v) is 6.16. The van der Waals surface area contributed by atoms with E-state index in [1.54, 1.807) is 13.2 Å². The van der Waals surface area contributed by atoms with Crippen LogP contribution in [0.15, 0.2) is 47.4 Å². The molecule has 0 spiro atoms. The summed E-state index contributed by atoms with van der Waals surface area (Å²) in [6, 6.07) is 13.2. The van der Waals surface area contributed by atoms with Crippen molar-refractivity contribution in [3.63, 3.8) is 0 Å². The predicted octanol–water partition coefficient (Wildman–Crippen LogP) is 5.93. The lowest BCUT2D eigenvalue weighted by atomic mass is 9.81. The number of aryl methyl sites for hydroxylation is 1. The van der Waals surface area contributed by atoms with Crippen LogP contribution >= 0.6 is 0 Å². The second-order valence-corrected chi connectivity index (χ2v) is 10.5. The minimum absolute atomic E-state index is 0.127. The highest BCUT2D eigenvalue weighted by Crippen LogP contribution is 2.34. The summed E-state index contributed by atoms with van der Waals surface area (Å²) in [6.45, 7) is 6.09. The van der Waals surface area contributed by atoms with Crippen molar-refractivity contribution in [1.29, 1.82) is 0 Å². The summed E-state index contributed by atoms with van der Waals surface area (Å²) in [5, 5.41) is 0. The summed E-state index contributed by atoms with van der Waals surface area (Å²) in [5.41, 5.74) is 1.94. The molecule has 0 aliphatic rings. The van der Waals surface area contributed by atoms with Gasteiger partial charge in [0.15, 0.2) is 9.84 Å². The number of methoxy groups -OCH3 is 1. The molecule has 2 rings (SSSR count). The van der Waals surface area contributed by atoms with E-state index in [1.807, 2.05) is 43.3 Å². The number of hydrogen-bond acceptors (Lipinski definition) is 4. The van der Waals surface area contributed by atoms with Gasteiger partial charge in [-0.15, -0.1) is 0 Å². The normalized spacial score (nSPS) is 12.0. The Kier molecular flexibility index (Phi) is 9.30. The number of benzene rings is 2. The zero-order valence-corrected chi connectivity index (χ0v) is 20.1. The maximum atomic E-state index is 13.6. The summed E-state index contributed by atoms with van der Waals surface area (Å²) < 4.78 is 32.5. The minimum atomic E-state index is -3.64. The number of carbonyl (C=O) groups excluding carboxylic acids is 1. The van der Waals surface area contributed by atoms with Crippen LogP contribution in [0.2, 0.25) is 0 Å². The molecule has 0 fully saturated rings. The first-order chi connectivity index (χ1) is 14.8. The fourth-order valence-electron chi connectivity index (χ4n) is 4.09. The molecular formula is C26H36O4S. The third-order valence-corrected chi connectivity index (χ3v) is 7.89. The van der Waals surface area contributed by atoms with Crippen molar-refractivity contribution in [2.45, 2.75) is 70.6 Å². The summed E-state index contributed by atoms with van der Waals surface area (Å²) in [5.74, 6) is 0.617. The zero-order valence-electron chi connectivity index (χ0n) is 19.3. The van der Waals surface area contributed by atoms with Crippen molar-refractivity contribution >= 4 is 16.1 Å². The molecular weight excluding hydrogens is 408 g/mol. The highest BCUT2D eigenvalue weighted by Gasteiger charge is 2.36. The first kappa shape index (κ1) is 25.1. The third kappa shape index (κ3) is 6.93. The molecule has 0 unspecified atom stereocenters. The van der Waals surface area contributed by atoms with E-state index in [-0.39, 0.29) is 5.75 Å². The molecule has 0 aliphatic carbocycles. The number of carbonyl (C=O) groups is 1. The second kappa shape index (κ2) is 11.5. The maximum absolute atomic E-state index is 13.6. The van der Waals surface area contributed by atoms with Gasteiger partial charge in [0.05, 0.1) is 17.8 Å². The van der Waals surface area contributed by atoms with Crippen molar-refractivity contribution in [3.8, 4) is 5.75 Å². The van der Waals surface area contributed by atoms with E-state index < -0.39 is 15.3 Å². The van der Waals surface area contributed by atoms with E-state index in [9.17, 15) is 13.2 Å². The number of rotatable bonds is 13. The smallest absolute Gasteiger partial charge is 0.179 e. The molecule has 0 N–H and O–H groups in total. The Labute approximate surface area is 187 Å². The van der Waals surface area contributed by atoms with Crippen LogP contribution in [-0.4, -0.2) is 27.6 Å². The lowest BCUT2D eigenvalue weighted by Crippen LogP contribution is -2.32. The first-order valence-electron chi connectivity index (χ1n) is 11.2. The quantitative estimate of drug-likeness (QED) is 0.359. The molecule has 0 radical (unpaired) electrons. The van der Waals surface area contributed by atoms with Crippen molar-refractivity contribution < 1.29 is 17.9 Å². The topological polar surface area (TPSA) is 60.4 Å². The third-order valence-electron chi connectivity index (χ3n) is 5.86. The predicted molar refractivity (Wildman–Crippen MR) is 127 cm³/mol. The minimum Gasteiger partial charge on any atom is -0.497 e. The van der Waals surface area contributed by atoms with Gasteiger partial charge in [-0.25, -0.2) is 8.42 Å². The molecule has 0 saturated carbocycles. The highest BCUT2D eigenvalue weighted by atomic mass is 32.2. The van der Waals surface area contributed by atoms with Gasteiger partial charge in [0.1, 0.15) is 12.0 Å². The molecule has 5 heteroatoms. The van der Waals surface area contributed by atoms with E-state index in [0.29, 0.717) is 24.2 Å². The molecule has 0 heterocycles. The molecule has 2 aromatic rings. The van der Waals surface area contributed by atoms with Gasteiger partial charge in [0.25, 0.3) is 0 Å². The van der Waals surface area contributed by atoms with E-state index >= 15 is 0 Å². The van der Waals surface area contributed by atoms with Crippen LogP contribution in [0, 0.1) is 12.3 Å². The molecule has 31 heavy (non-hydrogen) atoms. The SMILES string of the molecule is CCCCC(C=O)(CCCC)CS(=O)(=O)c1ccc(C)cc1Cc1cccc(OC)c1. The summed E-state index contributed by atoms with van der Waals surface area (Å²) in [4.78, 5) is 12.5. The fraction of sp³-hybridized carbons (Fsp3) is 0.500. The average Bonchev–Trinajstić information content (AvgIpc) is 2.75. The van der Waals surface area contributed by atoms with Crippen LogP contribution in [0.5, 0.6) is 5.75 Å². The monoisotopic (exact) mass is 444 g/mol. The molecule has 0 aliphatic heterocycles. The summed E-state index contributed by atoms with van der Waals surface area (Å²) >= 11 is 0. The maximum Gasteiger partial charge on any atom is 0.179 e. The van der Waals surface area contributed by atoms with E-state index in [4.69, 9.17) is 4.74 Å². The summed E-state index contributed by atoms with van der Waals surface area (Å²) in [7, 11) is -2.02. The van der Waals surface area contributed by atoms with Gasteiger partial charge in [-0.2, -0.15) is 0 Å². The van der Waals surface area contributed by atoms with Crippen LogP contribution < -0.4 is 4.74 Å². The molecule has 170 valence electrons. The van der Waals surface area contributed by atoms with E-state index in [0.717, 1.165) is 54.4 Å². The van der Waals surface area contributed by atoms with Crippen LogP contribution in [0.3, 0.4) is 0 Å². The molecule has 0 saturated heterocycles. The van der Waals surface area contributed by atoms with Gasteiger partial charge >= 0.3 is 0 Å². The molecule has 0 atom stereocenters. The number of ether oxygens (including phenoxy) is 1. The van der Waals surface area contributed by atoms with Gasteiger partial charge in [0.2, 0.25) is 0 Å². The lowest BCUT2D eigenvalue weighted by Gasteiger charge is -2.28. The Balaban J connectivity index is 2.43. The van der Waals surface area contributed by atoms with Crippen molar-refractivity contribution in [2.24, 2.45) is 5.41 Å². The van der Waals surface area contributed by atoms with Crippen molar-refractivity contribution in [1.82, 2.24) is 0 Å². The highest BCUT2D eigenvalue weighted by molar-refractivity contribution is 7.91. The van der Waals surface area contributed by atoms with Gasteiger partial charge in [-0.05, 0) is 55.5 Å². The molecule has 4 nitrogen and oxygen atoms in total. The Bertz CT molecular complexity index is 955. The van der Waals surface area contributed by atoms with Gasteiger partial charge in [-0.1, -0.05) is 69.4 Å². The van der Waals surface area contributed by atoms with E-state index in [1.165, 1.54) is 0 Å². The Morgan fingerprint density at radius 2 is 1.68 bits per heavy atom. The van der Waals surface area contributed by atoms with Gasteiger partial charge in [0, 0.05) is 5.41 Å². The number of hydrogen-bond donors (Lipinski definition) is 0. The second-order valence-electron chi connectivity index (χ2n) is 8.59. The molecule has 0 amide bonds. The van der Waals surface area contributed by atoms with Crippen LogP contribution in [0.1, 0.15) is 69.1 Å². The first-order valence-corrected chi connectivity index (χ1v) is 12.9. The standard InChI is InChI=1S/C26H36O4S/c1-5-7-14-26(19-27,15-8-6-2)20-31(28,29)25-13-12-21(3)16-23(25)17-22-10-9-11-24(18-22)30-4/h9-13,16,18-19H,5-8,14-15,17,20H2,1-4H3. The van der Waals surface area contributed by atoms with Crippen LogP contribution in [-0.2, 0) is 21.1 Å². The number of aldehydes is 1. The lowest BCUT2D eigenvalue weighted by molar-refractivity contribution is -0.116. The number of unbranched alkanes of at least 4 members (excludes halogenated alkanes) is 2. The zero-order chi connectivity index (χ0) is 22.9. The van der Waals surface area contributed by atoms with Crippen molar-refractivity contribution in [2.75, 3.05) is 12.9 Å². The Morgan fingerprint density at radius 3 is 2.26 bits per heavy atom. The molecule has 2 aromatic carbocycles. The molecule has 0 aromatic heterocycles. The summed E-state index contributed by atoms with van der Waals surface area (Å²) in [6.07, 6.45) is 6.20. The molecule has 0 bridgehead atoms. The Hall–Kier alpha value is -2.14. The number of sulfone groups is 1. The van der Waals surface area contributed by atoms with Crippen molar-refractivity contribution in [3.05, 3.63) is 59.2 Å².